The molecule has 1 aromatic rings. The number of rotatable bonds is 5. The first kappa shape index (κ1) is 11.8. The summed E-state index contributed by atoms with van der Waals surface area (Å²) < 4.78 is 30.8. The molecule has 1 aromatic carbocycles. The van der Waals surface area contributed by atoms with E-state index in [4.69, 9.17) is 4.74 Å². The first-order valence-electron chi connectivity index (χ1n) is 4.84. The molecule has 4 heteroatoms. The molecule has 2 unspecified atom stereocenters. The Hall–Kier alpha value is -1.32. The van der Waals surface area contributed by atoms with Gasteiger partial charge in [0.05, 0.1) is 0 Å². The highest BCUT2D eigenvalue weighted by Gasteiger charge is 2.19. The van der Waals surface area contributed by atoms with E-state index >= 15 is 0 Å². The van der Waals surface area contributed by atoms with Gasteiger partial charge in [-0.2, -0.15) is 0 Å². The van der Waals surface area contributed by atoms with Crippen LogP contribution in [0.1, 0.15) is 13.3 Å². The molecular formula is C11H14F2O2. The van der Waals surface area contributed by atoms with E-state index in [0.717, 1.165) is 0 Å². The average Bonchev–Trinajstić information content (AvgIpc) is 2.26. The van der Waals surface area contributed by atoms with Gasteiger partial charge in [-0.3, -0.25) is 0 Å². The topological polar surface area (TPSA) is 29.5 Å². The molecule has 0 radical (unpaired) electrons. The van der Waals surface area contributed by atoms with Gasteiger partial charge in [-0.05, 0) is 18.6 Å². The van der Waals surface area contributed by atoms with Crippen LogP contribution in [0.3, 0.4) is 0 Å². The second-order valence-corrected chi connectivity index (χ2v) is 3.22. The number of hydrogen-bond donors (Lipinski definition) is 1. The quantitative estimate of drug-likeness (QED) is 0.820. The Balaban J connectivity index is 2.47. The number of para-hydroxylation sites is 2. The molecule has 0 saturated carbocycles. The van der Waals surface area contributed by atoms with Gasteiger partial charge in [0.25, 0.3) is 0 Å². The number of benzene rings is 1. The van der Waals surface area contributed by atoms with Crippen molar-refractivity contribution >= 4 is 0 Å². The van der Waals surface area contributed by atoms with Crippen molar-refractivity contribution in [2.45, 2.75) is 25.7 Å². The predicted molar refractivity (Wildman–Crippen MR) is 53.7 cm³/mol. The molecule has 15 heavy (non-hydrogen) atoms. The number of phenolic OH excluding ortho intramolecular Hbond substituents is 1. The van der Waals surface area contributed by atoms with E-state index in [1.165, 1.54) is 12.1 Å². The van der Waals surface area contributed by atoms with Crippen LogP contribution >= 0.6 is 0 Å². The molecule has 0 aliphatic carbocycles. The summed E-state index contributed by atoms with van der Waals surface area (Å²) >= 11 is 0. The lowest BCUT2D eigenvalue weighted by atomic mass is 10.2. The van der Waals surface area contributed by atoms with Crippen LogP contribution in [0.2, 0.25) is 0 Å². The highest BCUT2D eigenvalue weighted by atomic mass is 19.2. The molecule has 0 aliphatic heterocycles. The van der Waals surface area contributed by atoms with Gasteiger partial charge < -0.3 is 9.84 Å². The molecule has 2 nitrogen and oxygen atoms in total. The Labute approximate surface area is 87.5 Å². The minimum atomic E-state index is -1.66. The maximum Gasteiger partial charge on any atom is 0.165 e. The van der Waals surface area contributed by atoms with Gasteiger partial charge in [-0.1, -0.05) is 19.1 Å². The van der Waals surface area contributed by atoms with E-state index in [1.807, 2.05) is 0 Å². The maximum absolute atomic E-state index is 13.0. The smallest absolute Gasteiger partial charge is 0.165 e. The minimum Gasteiger partial charge on any atom is -0.504 e. The van der Waals surface area contributed by atoms with E-state index in [1.54, 1.807) is 19.1 Å². The normalized spacial score (nSPS) is 14.6. The molecule has 0 bridgehead atoms. The van der Waals surface area contributed by atoms with Crippen LogP contribution in [0.4, 0.5) is 8.78 Å². The van der Waals surface area contributed by atoms with Crippen LogP contribution in [-0.4, -0.2) is 24.1 Å². The highest BCUT2D eigenvalue weighted by Crippen LogP contribution is 2.25. The van der Waals surface area contributed by atoms with Crippen LogP contribution in [-0.2, 0) is 0 Å². The summed E-state index contributed by atoms with van der Waals surface area (Å²) in [5.41, 5.74) is 0. The summed E-state index contributed by atoms with van der Waals surface area (Å²) in [6, 6.07) is 6.20. The van der Waals surface area contributed by atoms with E-state index in [2.05, 4.69) is 0 Å². The molecule has 84 valence electrons. The monoisotopic (exact) mass is 216 g/mol. The first-order chi connectivity index (χ1) is 7.15. The van der Waals surface area contributed by atoms with Crippen molar-refractivity contribution in [2.24, 2.45) is 0 Å². The van der Waals surface area contributed by atoms with Crippen molar-refractivity contribution in [3.8, 4) is 11.5 Å². The van der Waals surface area contributed by atoms with Crippen LogP contribution in [0, 0.1) is 0 Å². The largest absolute Gasteiger partial charge is 0.504 e. The van der Waals surface area contributed by atoms with Crippen molar-refractivity contribution in [3.05, 3.63) is 24.3 Å². The second kappa shape index (κ2) is 5.53. The summed E-state index contributed by atoms with van der Waals surface area (Å²) in [5.74, 6) is 0.0973. The molecule has 2 atom stereocenters. The van der Waals surface area contributed by atoms with E-state index in [0.29, 0.717) is 0 Å². The zero-order valence-corrected chi connectivity index (χ0v) is 8.49. The molecular weight excluding hydrogens is 202 g/mol. The van der Waals surface area contributed by atoms with Crippen molar-refractivity contribution in [3.63, 3.8) is 0 Å². The van der Waals surface area contributed by atoms with Crippen molar-refractivity contribution in [1.82, 2.24) is 0 Å². The molecule has 0 spiro atoms. The number of ether oxygens (including phenoxy) is 1. The molecule has 1 N–H and O–H groups in total. The van der Waals surface area contributed by atoms with Gasteiger partial charge in [0.15, 0.2) is 17.7 Å². The molecule has 0 aromatic heterocycles. The Morgan fingerprint density at radius 2 is 1.93 bits per heavy atom. The summed E-state index contributed by atoms with van der Waals surface area (Å²) in [6.07, 6.45) is -3.06. The Kier molecular flexibility index (Phi) is 4.34. The van der Waals surface area contributed by atoms with E-state index in [9.17, 15) is 13.9 Å². The zero-order chi connectivity index (χ0) is 11.3. The first-order valence-corrected chi connectivity index (χ1v) is 4.84. The number of aromatic hydroxyl groups is 1. The number of halogens is 2. The van der Waals surface area contributed by atoms with Gasteiger partial charge in [0.2, 0.25) is 0 Å². The zero-order valence-electron chi connectivity index (χ0n) is 8.49. The summed E-state index contributed by atoms with van der Waals surface area (Å²) in [5, 5.41) is 9.28. The SMILES string of the molecule is CCC(F)C(F)COc1ccccc1O. The molecule has 0 heterocycles. The van der Waals surface area contributed by atoms with Crippen molar-refractivity contribution in [1.29, 1.82) is 0 Å². The second-order valence-electron chi connectivity index (χ2n) is 3.22. The molecule has 0 amide bonds. The Bertz CT molecular complexity index is 304. The van der Waals surface area contributed by atoms with Gasteiger partial charge in [0.1, 0.15) is 12.8 Å². The fourth-order valence-electron chi connectivity index (χ4n) is 1.11. The third-order valence-electron chi connectivity index (χ3n) is 2.05. The minimum absolute atomic E-state index is 0.0726. The molecule has 0 fully saturated rings. The van der Waals surface area contributed by atoms with Crippen LogP contribution in [0.15, 0.2) is 24.3 Å². The van der Waals surface area contributed by atoms with Gasteiger partial charge in [-0.15, -0.1) is 0 Å². The van der Waals surface area contributed by atoms with Gasteiger partial charge in [0, 0.05) is 0 Å². The van der Waals surface area contributed by atoms with Gasteiger partial charge in [-0.25, -0.2) is 8.78 Å². The van der Waals surface area contributed by atoms with Crippen LogP contribution in [0.25, 0.3) is 0 Å². The Morgan fingerprint density at radius 1 is 1.27 bits per heavy atom. The number of phenols is 1. The summed E-state index contributed by atoms with van der Waals surface area (Å²) in [4.78, 5) is 0. The molecule has 0 aliphatic rings. The maximum atomic E-state index is 13.0. The lowest BCUT2D eigenvalue weighted by Gasteiger charge is -2.13. The van der Waals surface area contributed by atoms with Gasteiger partial charge >= 0.3 is 0 Å². The number of hydrogen-bond acceptors (Lipinski definition) is 2. The highest BCUT2D eigenvalue weighted by molar-refractivity contribution is 5.37. The van der Waals surface area contributed by atoms with E-state index < -0.39 is 12.3 Å². The predicted octanol–water partition coefficient (Wildman–Crippen LogP) is 2.86. The van der Waals surface area contributed by atoms with Crippen LogP contribution < -0.4 is 4.74 Å². The standard InChI is InChI=1S/C11H14F2O2/c1-2-8(12)9(13)7-15-11-6-4-3-5-10(11)14/h3-6,8-9,14H,2,7H2,1H3. The van der Waals surface area contributed by atoms with E-state index in [-0.39, 0.29) is 24.5 Å². The average molecular weight is 216 g/mol. The fraction of sp³-hybridized carbons (Fsp3) is 0.455. The van der Waals surface area contributed by atoms with Crippen LogP contribution in [0.5, 0.6) is 11.5 Å². The summed E-state index contributed by atoms with van der Waals surface area (Å²) in [7, 11) is 0. The lowest BCUT2D eigenvalue weighted by Crippen LogP contribution is -2.23. The molecule has 1 rings (SSSR count). The Morgan fingerprint density at radius 3 is 2.53 bits per heavy atom. The molecule has 0 saturated heterocycles. The third-order valence-corrected chi connectivity index (χ3v) is 2.05. The number of alkyl halides is 2. The van der Waals surface area contributed by atoms with Crippen molar-refractivity contribution in [2.75, 3.05) is 6.61 Å². The summed E-state index contributed by atoms with van der Waals surface area (Å²) in [6.45, 7) is 1.18. The fourth-order valence-corrected chi connectivity index (χ4v) is 1.11. The van der Waals surface area contributed by atoms with Crippen molar-refractivity contribution < 1.29 is 18.6 Å². The third kappa shape index (κ3) is 3.38. The lowest BCUT2D eigenvalue weighted by molar-refractivity contribution is 0.105.